The zero-order chi connectivity index (χ0) is 26.6. The maximum atomic E-state index is 12.9. The summed E-state index contributed by atoms with van der Waals surface area (Å²) in [5.74, 6) is 0.361. The molecule has 6 aromatic rings. The first-order valence-electron chi connectivity index (χ1n) is 12.7. The van der Waals surface area contributed by atoms with E-state index >= 15 is 0 Å². The Balaban J connectivity index is 1.20. The van der Waals surface area contributed by atoms with Gasteiger partial charge in [-0.3, -0.25) is 9.59 Å². The van der Waals surface area contributed by atoms with E-state index in [1.165, 1.54) is 5.39 Å². The van der Waals surface area contributed by atoms with Gasteiger partial charge in [0.2, 0.25) is 0 Å². The molecule has 1 N–H and O–H groups in total. The average molecular weight is 512 g/mol. The van der Waals surface area contributed by atoms with Gasteiger partial charge in [-0.2, -0.15) is 5.10 Å². The minimum Gasteiger partial charge on any atom is -0.488 e. The third kappa shape index (κ3) is 4.88. The van der Waals surface area contributed by atoms with Gasteiger partial charge in [0.25, 0.3) is 5.91 Å². The maximum absolute atomic E-state index is 12.9. The highest BCUT2D eigenvalue weighted by Crippen LogP contribution is 2.23. The zero-order valence-electron chi connectivity index (χ0n) is 21.1. The summed E-state index contributed by atoms with van der Waals surface area (Å²) in [5, 5.41) is 7.67. The smallest absolute Gasteiger partial charge is 0.260 e. The number of fused-ring (bicyclic) bond motifs is 3. The summed E-state index contributed by atoms with van der Waals surface area (Å²) in [5.41, 5.74) is 5.82. The van der Waals surface area contributed by atoms with Gasteiger partial charge in [-0.15, -0.1) is 0 Å². The number of hydrogen-bond acceptors (Lipinski definition) is 4. The Morgan fingerprint density at radius 3 is 2.13 bits per heavy atom. The lowest BCUT2D eigenvalue weighted by molar-refractivity contribution is -0.121. The van der Waals surface area contributed by atoms with Gasteiger partial charge in [0, 0.05) is 16.3 Å². The van der Waals surface area contributed by atoms with Crippen LogP contribution < -0.4 is 15.6 Å². The van der Waals surface area contributed by atoms with E-state index in [1.54, 1.807) is 18.3 Å². The summed E-state index contributed by atoms with van der Waals surface area (Å²) < 4.78 is 8.00. The maximum Gasteiger partial charge on any atom is 0.260 e. The lowest BCUT2D eigenvalue weighted by Gasteiger charge is -2.14. The lowest BCUT2D eigenvalue weighted by Crippen LogP contribution is -2.25. The average Bonchev–Trinajstić information content (AvgIpc) is 2.99. The standard InChI is InChI=1S/C33H25N3O3/c37-32(21-36-29-17-6-4-15-27(29)33(38)28-16-5-7-18-30(28)36)35-34-20-24-11-2-8-19-31(24)39-22-25-13-9-12-23-10-1-3-14-26(23)25/h1-20H,21-22H2,(H,35,37)/b34-20+. The molecular weight excluding hydrogens is 486 g/mol. The summed E-state index contributed by atoms with van der Waals surface area (Å²) >= 11 is 0. The van der Waals surface area contributed by atoms with E-state index in [2.05, 4.69) is 34.8 Å². The van der Waals surface area contributed by atoms with Crippen LogP contribution in [0.1, 0.15) is 11.1 Å². The summed E-state index contributed by atoms with van der Waals surface area (Å²) in [7, 11) is 0. The second kappa shape index (κ2) is 10.6. The molecule has 39 heavy (non-hydrogen) atoms. The molecule has 0 radical (unpaired) electrons. The second-order valence-electron chi connectivity index (χ2n) is 9.21. The Morgan fingerprint density at radius 2 is 1.36 bits per heavy atom. The summed E-state index contributed by atoms with van der Waals surface area (Å²) in [6.45, 7) is 0.420. The summed E-state index contributed by atoms with van der Waals surface area (Å²) in [4.78, 5) is 25.9. The largest absolute Gasteiger partial charge is 0.488 e. The molecule has 1 heterocycles. The fourth-order valence-electron chi connectivity index (χ4n) is 4.89. The molecule has 0 spiro atoms. The van der Waals surface area contributed by atoms with Crippen molar-refractivity contribution in [1.82, 2.24) is 9.99 Å². The molecule has 6 nitrogen and oxygen atoms in total. The van der Waals surface area contributed by atoms with Crippen molar-refractivity contribution in [1.29, 1.82) is 0 Å². The van der Waals surface area contributed by atoms with Crippen LogP contribution in [0.25, 0.3) is 32.6 Å². The Kier molecular flexibility index (Phi) is 6.58. The second-order valence-corrected chi connectivity index (χ2v) is 9.21. The van der Waals surface area contributed by atoms with Crippen LogP contribution in [0.3, 0.4) is 0 Å². The summed E-state index contributed by atoms with van der Waals surface area (Å²) in [6, 6.07) is 36.6. The number of para-hydroxylation sites is 3. The number of pyridine rings is 1. The number of hydrogen-bond donors (Lipinski definition) is 1. The number of nitrogens with one attached hydrogen (secondary N) is 1. The van der Waals surface area contributed by atoms with E-state index in [-0.39, 0.29) is 17.9 Å². The van der Waals surface area contributed by atoms with Gasteiger partial charge in [0.1, 0.15) is 18.9 Å². The van der Waals surface area contributed by atoms with Crippen molar-refractivity contribution in [2.24, 2.45) is 5.10 Å². The highest BCUT2D eigenvalue weighted by atomic mass is 16.5. The van der Waals surface area contributed by atoms with Crippen LogP contribution in [0.2, 0.25) is 0 Å². The predicted octanol–water partition coefficient (Wildman–Crippen LogP) is 6.04. The molecule has 6 heteroatoms. The SMILES string of the molecule is O=C(Cn1c2ccccc2c(=O)c2ccccc21)N/N=C/c1ccccc1OCc1cccc2ccccc12. The van der Waals surface area contributed by atoms with Gasteiger partial charge in [-0.05, 0) is 52.7 Å². The molecule has 0 atom stereocenters. The highest BCUT2D eigenvalue weighted by Gasteiger charge is 2.12. The van der Waals surface area contributed by atoms with Crippen molar-refractivity contribution in [3.05, 3.63) is 137 Å². The Hall–Kier alpha value is -5.23. The molecular formula is C33H25N3O3. The number of hydrazone groups is 1. The van der Waals surface area contributed by atoms with E-state index < -0.39 is 0 Å². The number of aromatic nitrogens is 1. The molecule has 6 rings (SSSR count). The third-order valence-electron chi connectivity index (χ3n) is 6.76. The van der Waals surface area contributed by atoms with Crippen molar-refractivity contribution in [3.63, 3.8) is 0 Å². The molecule has 5 aromatic carbocycles. The van der Waals surface area contributed by atoms with Crippen LogP contribution in [0.4, 0.5) is 0 Å². The van der Waals surface area contributed by atoms with Gasteiger partial charge in [0.05, 0.1) is 17.2 Å². The molecule has 0 aliphatic heterocycles. The highest BCUT2D eigenvalue weighted by molar-refractivity contribution is 5.95. The number of nitrogens with zero attached hydrogens (tertiary/aromatic N) is 2. The first kappa shape index (κ1) is 24.1. The molecule has 0 aliphatic carbocycles. The number of carbonyl (C=O) groups excluding carboxylic acids is 1. The van der Waals surface area contributed by atoms with E-state index in [0.29, 0.717) is 34.2 Å². The molecule has 0 saturated carbocycles. The Labute approximate surface area is 224 Å². The topological polar surface area (TPSA) is 72.7 Å². The van der Waals surface area contributed by atoms with Crippen LogP contribution >= 0.6 is 0 Å². The van der Waals surface area contributed by atoms with Crippen molar-refractivity contribution in [2.75, 3.05) is 0 Å². The first-order chi connectivity index (χ1) is 19.2. The fraction of sp³-hybridized carbons (Fsp3) is 0.0606. The number of ether oxygens (including phenoxy) is 1. The molecule has 1 aromatic heterocycles. The van der Waals surface area contributed by atoms with E-state index in [9.17, 15) is 9.59 Å². The zero-order valence-corrected chi connectivity index (χ0v) is 21.1. The lowest BCUT2D eigenvalue weighted by atomic mass is 10.1. The van der Waals surface area contributed by atoms with Gasteiger partial charge >= 0.3 is 0 Å². The van der Waals surface area contributed by atoms with Crippen LogP contribution in [0.15, 0.2) is 125 Å². The van der Waals surface area contributed by atoms with E-state index in [0.717, 1.165) is 16.5 Å². The van der Waals surface area contributed by atoms with Crippen molar-refractivity contribution >= 4 is 44.7 Å². The van der Waals surface area contributed by atoms with E-state index in [1.807, 2.05) is 83.4 Å². The fourth-order valence-corrected chi connectivity index (χ4v) is 4.89. The first-order valence-corrected chi connectivity index (χ1v) is 12.7. The minimum atomic E-state index is -0.306. The molecule has 0 fully saturated rings. The Morgan fingerprint density at radius 1 is 0.744 bits per heavy atom. The van der Waals surface area contributed by atoms with E-state index in [4.69, 9.17) is 4.74 Å². The van der Waals surface area contributed by atoms with Gasteiger partial charge in [-0.25, -0.2) is 5.43 Å². The molecule has 1 amide bonds. The molecule has 0 unspecified atom stereocenters. The minimum absolute atomic E-state index is 0.0118. The number of rotatable bonds is 7. The van der Waals surface area contributed by atoms with Crippen LogP contribution in [-0.4, -0.2) is 16.7 Å². The van der Waals surface area contributed by atoms with Gasteiger partial charge in [0.15, 0.2) is 5.43 Å². The van der Waals surface area contributed by atoms with Crippen molar-refractivity contribution in [3.8, 4) is 5.75 Å². The normalized spacial score (nSPS) is 11.4. The number of carbonyl (C=O) groups is 1. The summed E-state index contributed by atoms with van der Waals surface area (Å²) in [6.07, 6.45) is 1.58. The monoisotopic (exact) mass is 511 g/mol. The molecule has 0 bridgehead atoms. The third-order valence-corrected chi connectivity index (χ3v) is 6.76. The van der Waals surface area contributed by atoms with Crippen molar-refractivity contribution < 1.29 is 9.53 Å². The quantitative estimate of drug-likeness (QED) is 0.161. The Bertz CT molecular complexity index is 1860. The molecule has 0 aliphatic rings. The molecule has 190 valence electrons. The van der Waals surface area contributed by atoms with Crippen LogP contribution in [0.5, 0.6) is 5.75 Å². The van der Waals surface area contributed by atoms with Gasteiger partial charge in [-0.1, -0.05) is 78.9 Å². The van der Waals surface area contributed by atoms with Crippen LogP contribution in [-0.2, 0) is 17.9 Å². The van der Waals surface area contributed by atoms with Crippen molar-refractivity contribution in [2.45, 2.75) is 13.2 Å². The van der Waals surface area contributed by atoms with Crippen LogP contribution in [0, 0.1) is 0 Å². The predicted molar refractivity (Wildman–Crippen MR) is 156 cm³/mol. The number of benzene rings is 5. The molecule has 0 saturated heterocycles. The number of amides is 1. The van der Waals surface area contributed by atoms with Gasteiger partial charge < -0.3 is 9.30 Å².